The molecular formula is C15H17F3N2O5S2. The quantitative estimate of drug-likeness (QED) is 0.494. The standard InChI is InChI=1S/C15H17F3N2O5S2/c1-4-26-8-14(25-2)13-6-9-5-12(20(21)22)10(15(16,17)18)7-11(9)19(13)27(3,23)24/h5-7,14H,4,8H2,1-3H3. The van der Waals surface area contributed by atoms with Gasteiger partial charge in [-0.25, -0.2) is 12.4 Å². The Morgan fingerprint density at radius 1 is 1.33 bits per heavy atom. The highest BCUT2D eigenvalue weighted by Gasteiger charge is 2.39. The summed E-state index contributed by atoms with van der Waals surface area (Å²) in [4.78, 5) is 9.95. The van der Waals surface area contributed by atoms with E-state index in [-0.39, 0.29) is 16.6 Å². The van der Waals surface area contributed by atoms with Crippen LogP contribution < -0.4 is 0 Å². The number of methoxy groups -OCH3 is 1. The van der Waals surface area contributed by atoms with Crippen LogP contribution in [0.15, 0.2) is 18.2 Å². The number of aromatic nitrogens is 1. The molecule has 1 unspecified atom stereocenters. The topological polar surface area (TPSA) is 91.4 Å². The number of alkyl halides is 3. The van der Waals surface area contributed by atoms with Gasteiger partial charge < -0.3 is 4.74 Å². The van der Waals surface area contributed by atoms with Gasteiger partial charge in [-0.15, -0.1) is 0 Å². The molecule has 0 aliphatic carbocycles. The normalized spacial score (nSPS) is 13.9. The van der Waals surface area contributed by atoms with Crippen LogP contribution in [0.4, 0.5) is 18.9 Å². The lowest BCUT2D eigenvalue weighted by Gasteiger charge is -2.17. The van der Waals surface area contributed by atoms with E-state index in [0.717, 1.165) is 22.0 Å². The second-order valence-electron chi connectivity index (χ2n) is 5.66. The number of nitrogens with zero attached hydrogens (tertiary/aromatic N) is 2. The van der Waals surface area contributed by atoms with Gasteiger partial charge in [0.15, 0.2) is 0 Å². The zero-order valence-electron chi connectivity index (χ0n) is 14.6. The van der Waals surface area contributed by atoms with Crippen molar-refractivity contribution in [1.82, 2.24) is 3.97 Å². The smallest absolute Gasteiger partial charge is 0.374 e. The third-order valence-corrected chi connectivity index (χ3v) is 5.84. The lowest BCUT2D eigenvalue weighted by molar-refractivity contribution is -0.387. The largest absolute Gasteiger partial charge is 0.423 e. The fraction of sp³-hybridized carbons (Fsp3) is 0.467. The summed E-state index contributed by atoms with van der Waals surface area (Å²) in [5, 5.41) is 11.1. The second-order valence-corrected chi connectivity index (χ2v) is 8.81. The minimum absolute atomic E-state index is 0.0127. The SMILES string of the molecule is CCSCC(OC)c1cc2cc([N+](=O)[O-])c(C(F)(F)F)cc2n1S(C)(=O)=O. The first-order chi connectivity index (χ1) is 12.4. The van der Waals surface area contributed by atoms with Gasteiger partial charge in [0.1, 0.15) is 11.7 Å². The van der Waals surface area contributed by atoms with Crippen molar-refractivity contribution in [3.05, 3.63) is 39.6 Å². The van der Waals surface area contributed by atoms with Crippen molar-refractivity contribution < 1.29 is 31.2 Å². The van der Waals surface area contributed by atoms with Gasteiger partial charge in [0, 0.05) is 24.3 Å². The Balaban J connectivity index is 2.88. The van der Waals surface area contributed by atoms with Crippen LogP contribution in [-0.4, -0.2) is 42.2 Å². The monoisotopic (exact) mass is 426 g/mol. The van der Waals surface area contributed by atoms with Gasteiger partial charge >= 0.3 is 6.18 Å². The van der Waals surface area contributed by atoms with Gasteiger partial charge in [-0.05, 0) is 17.9 Å². The van der Waals surface area contributed by atoms with E-state index in [9.17, 15) is 31.7 Å². The highest BCUT2D eigenvalue weighted by molar-refractivity contribution is 7.99. The molecule has 1 aromatic heterocycles. The Morgan fingerprint density at radius 2 is 1.96 bits per heavy atom. The van der Waals surface area contributed by atoms with Crippen molar-refractivity contribution in [3.63, 3.8) is 0 Å². The van der Waals surface area contributed by atoms with E-state index in [1.165, 1.54) is 24.9 Å². The van der Waals surface area contributed by atoms with E-state index in [4.69, 9.17) is 4.74 Å². The number of nitro groups is 1. The summed E-state index contributed by atoms with van der Waals surface area (Å²) in [7, 11) is -2.65. The lowest BCUT2D eigenvalue weighted by Crippen LogP contribution is -2.18. The minimum Gasteiger partial charge on any atom is -0.374 e. The zero-order valence-corrected chi connectivity index (χ0v) is 16.2. The molecule has 0 spiro atoms. The molecule has 0 saturated carbocycles. The van der Waals surface area contributed by atoms with Crippen molar-refractivity contribution in [2.45, 2.75) is 19.2 Å². The molecule has 0 radical (unpaired) electrons. The number of fused-ring (bicyclic) bond motifs is 1. The van der Waals surface area contributed by atoms with Gasteiger partial charge in [0.05, 0.1) is 22.4 Å². The molecule has 0 fully saturated rings. The Kier molecular flexibility index (Phi) is 6.12. The van der Waals surface area contributed by atoms with Crippen molar-refractivity contribution in [1.29, 1.82) is 0 Å². The summed E-state index contributed by atoms with van der Waals surface area (Å²) in [6.07, 6.45) is -4.88. The van der Waals surface area contributed by atoms with Crippen molar-refractivity contribution >= 4 is 38.4 Å². The summed E-state index contributed by atoms with van der Waals surface area (Å²) in [5.41, 5.74) is -2.81. The average Bonchev–Trinajstić information content (AvgIpc) is 2.92. The molecule has 1 atom stereocenters. The first kappa shape index (κ1) is 21.5. The van der Waals surface area contributed by atoms with Gasteiger partial charge in [0.25, 0.3) is 5.69 Å². The maximum Gasteiger partial charge on any atom is 0.423 e. The number of nitro benzene ring substituents is 1. The molecule has 150 valence electrons. The van der Waals surface area contributed by atoms with E-state index < -0.39 is 38.5 Å². The van der Waals surface area contributed by atoms with Crippen LogP contribution in [0.2, 0.25) is 0 Å². The van der Waals surface area contributed by atoms with E-state index >= 15 is 0 Å². The molecule has 12 heteroatoms. The van der Waals surface area contributed by atoms with Gasteiger partial charge in [0.2, 0.25) is 10.0 Å². The van der Waals surface area contributed by atoms with Crippen LogP contribution in [-0.2, 0) is 20.9 Å². The Morgan fingerprint density at radius 3 is 2.41 bits per heavy atom. The molecule has 27 heavy (non-hydrogen) atoms. The molecule has 0 aliphatic rings. The number of thioether (sulfide) groups is 1. The molecule has 0 amide bonds. The van der Waals surface area contributed by atoms with Crippen LogP contribution in [0.25, 0.3) is 10.9 Å². The summed E-state index contributed by atoms with van der Waals surface area (Å²) in [5.74, 6) is 1.09. The lowest BCUT2D eigenvalue weighted by atomic mass is 10.1. The van der Waals surface area contributed by atoms with Crippen LogP contribution in [0.1, 0.15) is 24.3 Å². The van der Waals surface area contributed by atoms with E-state index in [1.54, 1.807) is 0 Å². The number of ether oxygens (including phenoxy) is 1. The number of halogens is 3. The molecule has 2 aromatic rings. The third kappa shape index (κ3) is 4.38. The summed E-state index contributed by atoms with van der Waals surface area (Å²) in [6, 6.07) is 2.55. The van der Waals surface area contributed by atoms with E-state index in [2.05, 4.69) is 0 Å². The third-order valence-electron chi connectivity index (χ3n) is 3.82. The first-order valence-electron chi connectivity index (χ1n) is 7.63. The average molecular weight is 426 g/mol. The van der Waals surface area contributed by atoms with Crippen LogP contribution in [0.3, 0.4) is 0 Å². The number of hydrogen-bond acceptors (Lipinski definition) is 6. The number of hydrogen-bond donors (Lipinski definition) is 0. The van der Waals surface area contributed by atoms with Crippen molar-refractivity contribution in [2.24, 2.45) is 0 Å². The van der Waals surface area contributed by atoms with Crippen LogP contribution >= 0.6 is 11.8 Å². The number of benzene rings is 1. The van der Waals surface area contributed by atoms with Crippen LogP contribution in [0, 0.1) is 10.1 Å². The predicted octanol–water partition coefficient (Wildman–Crippen LogP) is 3.82. The molecule has 0 aliphatic heterocycles. The van der Waals surface area contributed by atoms with E-state index in [0.29, 0.717) is 11.8 Å². The maximum absolute atomic E-state index is 13.3. The molecular weight excluding hydrogens is 409 g/mol. The molecule has 0 N–H and O–H groups in total. The van der Waals surface area contributed by atoms with Crippen LogP contribution in [0.5, 0.6) is 0 Å². The minimum atomic E-state index is -5.01. The summed E-state index contributed by atoms with van der Waals surface area (Å²) in [6.45, 7) is 1.89. The molecule has 1 aromatic carbocycles. The van der Waals surface area contributed by atoms with Gasteiger partial charge in [-0.2, -0.15) is 24.9 Å². The number of rotatable bonds is 7. The molecule has 7 nitrogen and oxygen atoms in total. The van der Waals surface area contributed by atoms with E-state index in [1.807, 2.05) is 6.92 Å². The maximum atomic E-state index is 13.3. The second kappa shape index (κ2) is 7.68. The van der Waals surface area contributed by atoms with Gasteiger partial charge in [-0.3, -0.25) is 10.1 Å². The van der Waals surface area contributed by atoms with Crippen molar-refractivity contribution in [2.75, 3.05) is 24.9 Å². The summed E-state index contributed by atoms with van der Waals surface area (Å²) < 4.78 is 70.5. The Hall–Kier alpha value is -1.79. The Labute approximate surface area is 157 Å². The predicted molar refractivity (Wildman–Crippen MR) is 96.6 cm³/mol. The van der Waals surface area contributed by atoms with Gasteiger partial charge in [-0.1, -0.05) is 6.92 Å². The molecule has 2 rings (SSSR count). The molecule has 0 saturated heterocycles. The van der Waals surface area contributed by atoms with Crippen molar-refractivity contribution in [3.8, 4) is 0 Å². The first-order valence-corrected chi connectivity index (χ1v) is 10.6. The highest BCUT2D eigenvalue weighted by Crippen LogP contribution is 2.40. The fourth-order valence-electron chi connectivity index (χ4n) is 2.71. The summed E-state index contributed by atoms with van der Waals surface area (Å²) >= 11 is 1.46. The highest BCUT2D eigenvalue weighted by atomic mass is 32.2. The fourth-order valence-corrected chi connectivity index (χ4v) is 4.54. The molecule has 1 heterocycles. The molecule has 0 bridgehead atoms. The Bertz CT molecular complexity index is 970. The zero-order chi connectivity index (χ0) is 20.6.